The molecule has 0 aliphatic carbocycles. The Balaban J connectivity index is 1.80. The van der Waals surface area contributed by atoms with Crippen molar-refractivity contribution in [1.82, 2.24) is 4.98 Å². The molecule has 0 bridgehead atoms. The highest BCUT2D eigenvalue weighted by atomic mass is 32.1. The van der Waals surface area contributed by atoms with E-state index in [2.05, 4.69) is 4.98 Å². The van der Waals surface area contributed by atoms with Crippen molar-refractivity contribution in [1.29, 1.82) is 0 Å². The molecule has 3 rings (SSSR count). The molecule has 1 aromatic carbocycles. The molecular weight excluding hydrogens is 433 g/mol. The summed E-state index contributed by atoms with van der Waals surface area (Å²) in [5.41, 5.74) is 1.31. The minimum absolute atomic E-state index is 0.0516. The zero-order valence-corrected chi connectivity index (χ0v) is 17.1. The smallest absolute Gasteiger partial charge is 0.465 e. The highest BCUT2D eigenvalue weighted by Crippen LogP contribution is 2.30. The molecule has 0 aliphatic rings. The number of esters is 1. The van der Waals surface area contributed by atoms with Gasteiger partial charge in [0.15, 0.2) is 5.78 Å². The standard InChI is InChI=1S/C21H15F3N2O4S/c1-11-15-9-13(10-25-18(15)31-17(11)19(28)30-2)16(27)7-6-12-4-3-5-14(8-12)26-20(29)21(22,23)24/h3-10H,1-2H3,(H,26,29)/b7-6+. The number of anilines is 1. The average molecular weight is 448 g/mol. The third-order valence-electron chi connectivity index (χ3n) is 4.28. The number of alkyl halides is 3. The summed E-state index contributed by atoms with van der Waals surface area (Å²) in [5.74, 6) is -2.95. The number of thiophene rings is 1. The van der Waals surface area contributed by atoms with E-state index in [0.29, 0.717) is 26.2 Å². The highest BCUT2D eigenvalue weighted by Gasteiger charge is 2.38. The van der Waals surface area contributed by atoms with Crippen LogP contribution in [0, 0.1) is 6.92 Å². The number of amides is 1. The summed E-state index contributed by atoms with van der Waals surface area (Å²) in [5, 5.41) is 2.41. The monoisotopic (exact) mass is 448 g/mol. The van der Waals surface area contributed by atoms with E-state index < -0.39 is 18.1 Å². The number of aromatic nitrogens is 1. The second kappa shape index (κ2) is 8.68. The number of nitrogens with zero attached hydrogens (tertiary/aromatic N) is 1. The Kier molecular flexibility index (Phi) is 6.21. The molecule has 31 heavy (non-hydrogen) atoms. The van der Waals surface area contributed by atoms with E-state index in [1.165, 1.54) is 55.0 Å². The number of nitrogens with one attached hydrogen (secondary N) is 1. The van der Waals surface area contributed by atoms with E-state index >= 15 is 0 Å². The number of carbonyl (C=O) groups is 3. The normalized spacial score (nSPS) is 11.6. The zero-order valence-electron chi connectivity index (χ0n) is 16.2. The third kappa shape index (κ3) is 4.97. The number of hydrogen-bond acceptors (Lipinski definition) is 6. The molecule has 3 aromatic rings. The van der Waals surface area contributed by atoms with Gasteiger partial charge < -0.3 is 10.1 Å². The quantitative estimate of drug-likeness (QED) is 0.345. The van der Waals surface area contributed by atoms with Gasteiger partial charge in [-0.05, 0) is 42.3 Å². The van der Waals surface area contributed by atoms with Gasteiger partial charge in [0.2, 0.25) is 0 Å². The topological polar surface area (TPSA) is 85.4 Å². The third-order valence-corrected chi connectivity index (χ3v) is 5.47. The van der Waals surface area contributed by atoms with Gasteiger partial charge in [-0.3, -0.25) is 9.59 Å². The van der Waals surface area contributed by atoms with Crippen LogP contribution in [0.5, 0.6) is 0 Å². The Bertz CT molecular complexity index is 1220. The second-order valence-electron chi connectivity index (χ2n) is 6.40. The van der Waals surface area contributed by atoms with Crippen LogP contribution in [-0.2, 0) is 9.53 Å². The van der Waals surface area contributed by atoms with Crippen molar-refractivity contribution < 1.29 is 32.3 Å². The summed E-state index contributed by atoms with van der Waals surface area (Å²) in [7, 11) is 1.28. The van der Waals surface area contributed by atoms with Gasteiger partial charge in [-0.2, -0.15) is 13.2 Å². The van der Waals surface area contributed by atoms with Gasteiger partial charge in [-0.15, -0.1) is 11.3 Å². The lowest BCUT2D eigenvalue weighted by Crippen LogP contribution is -2.29. The molecule has 0 radical (unpaired) electrons. The molecule has 160 valence electrons. The fraction of sp³-hybridized carbons (Fsp3) is 0.143. The first-order chi connectivity index (χ1) is 14.6. The first-order valence-corrected chi connectivity index (χ1v) is 9.60. The van der Waals surface area contributed by atoms with Gasteiger partial charge in [-0.1, -0.05) is 18.2 Å². The number of ketones is 1. The zero-order chi connectivity index (χ0) is 22.8. The van der Waals surface area contributed by atoms with Gasteiger partial charge in [0.05, 0.1) is 7.11 Å². The molecule has 2 aromatic heterocycles. The lowest BCUT2D eigenvalue weighted by atomic mass is 10.1. The summed E-state index contributed by atoms with van der Waals surface area (Å²) < 4.78 is 41.9. The summed E-state index contributed by atoms with van der Waals surface area (Å²) in [6, 6.07) is 7.25. The molecule has 0 aliphatic heterocycles. The van der Waals surface area contributed by atoms with Crippen molar-refractivity contribution in [3.05, 3.63) is 64.2 Å². The molecular formula is C21H15F3N2O4S. The first kappa shape index (κ1) is 22.2. The van der Waals surface area contributed by atoms with Crippen molar-refractivity contribution in [3.63, 3.8) is 0 Å². The molecule has 10 heteroatoms. The largest absolute Gasteiger partial charge is 0.471 e. The van der Waals surface area contributed by atoms with E-state index in [9.17, 15) is 27.6 Å². The summed E-state index contributed by atoms with van der Waals surface area (Å²) in [4.78, 5) is 40.6. The van der Waals surface area contributed by atoms with Crippen molar-refractivity contribution in [2.75, 3.05) is 12.4 Å². The lowest BCUT2D eigenvalue weighted by molar-refractivity contribution is -0.167. The fourth-order valence-corrected chi connectivity index (χ4v) is 3.76. The molecule has 0 unspecified atom stereocenters. The minimum atomic E-state index is -5.00. The number of methoxy groups -OCH3 is 1. The second-order valence-corrected chi connectivity index (χ2v) is 7.40. The molecule has 0 saturated carbocycles. The van der Waals surface area contributed by atoms with Crippen LogP contribution in [0.4, 0.5) is 18.9 Å². The predicted molar refractivity (Wildman–Crippen MR) is 110 cm³/mol. The number of pyridine rings is 1. The van der Waals surface area contributed by atoms with Crippen molar-refractivity contribution in [2.45, 2.75) is 13.1 Å². The lowest BCUT2D eigenvalue weighted by Gasteiger charge is -2.08. The van der Waals surface area contributed by atoms with E-state index in [-0.39, 0.29) is 17.0 Å². The van der Waals surface area contributed by atoms with Crippen LogP contribution < -0.4 is 5.32 Å². The minimum Gasteiger partial charge on any atom is -0.465 e. The van der Waals surface area contributed by atoms with Gasteiger partial charge in [-0.25, -0.2) is 9.78 Å². The Hall–Kier alpha value is -3.53. The van der Waals surface area contributed by atoms with Gasteiger partial charge in [0.25, 0.3) is 0 Å². The molecule has 1 N–H and O–H groups in total. The average Bonchev–Trinajstić information content (AvgIpc) is 3.07. The maximum atomic E-state index is 12.5. The van der Waals surface area contributed by atoms with Gasteiger partial charge >= 0.3 is 18.1 Å². The Morgan fingerprint density at radius 3 is 2.61 bits per heavy atom. The van der Waals surface area contributed by atoms with Crippen LogP contribution in [0.15, 0.2) is 42.6 Å². The summed E-state index contributed by atoms with van der Waals surface area (Å²) in [6.45, 7) is 1.73. The molecule has 1 amide bonds. The number of aryl methyl sites for hydroxylation is 1. The maximum Gasteiger partial charge on any atom is 0.471 e. The molecule has 0 saturated heterocycles. The number of fused-ring (bicyclic) bond motifs is 1. The van der Waals surface area contributed by atoms with Crippen LogP contribution in [0.25, 0.3) is 16.3 Å². The van der Waals surface area contributed by atoms with Crippen LogP contribution in [0.3, 0.4) is 0 Å². The fourth-order valence-electron chi connectivity index (χ4n) is 2.71. The summed E-state index contributed by atoms with van der Waals surface area (Å²) >= 11 is 1.17. The number of benzene rings is 1. The van der Waals surface area contributed by atoms with E-state index in [4.69, 9.17) is 4.74 Å². The maximum absolute atomic E-state index is 12.5. The van der Waals surface area contributed by atoms with E-state index in [0.717, 1.165) is 0 Å². The molecule has 0 atom stereocenters. The predicted octanol–water partition coefficient (Wildman–Crippen LogP) is 4.79. The number of halogens is 3. The number of ether oxygens (including phenoxy) is 1. The molecule has 0 fully saturated rings. The number of carbonyl (C=O) groups excluding carboxylic acids is 3. The first-order valence-electron chi connectivity index (χ1n) is 8.78. The van der Waals surface area contributed by atoms with Crippen LogP contribution in [0.2, 0.25) is 0 Å². The molecule has 6 nitrogen and oxygen atoms in total. The van der Waals surface area contributed by atoms with Gasteiger partial charge in [0, 0.05) is 22.8 Å². The van der Waals surface area contributed by atoms with Crippen molar-refractivity contribution in [3.8, 4) is 0 Å². The molecule has 2 heterocycles. The number of rotatable bonds is 5. The Morgan fingerprint density at radius 1 is 1.19 bits per heavy atom. The number of hydrogen-bond donors (Lipinski definition) is 1. The summed E-state index contributed by atoms with van der Waals surface area (Å²) in [6.07, 6.45) is -0.959. The van der Waals surface area contributed by atoms with E-state index in [1.807, 2.05) is 0 Å². The van der Waals surface area contributed by atoms with Crippen LogP contribution in [-0.4, -0.2) is 35.9 Å². The van der Waals surface area contributed by atoms with Crippen LogP contribution in [0.1, 0.15) is 31.2 Å². The molecule has 0 spiro atoms. The SMILES string of the molecule is COC(=O)c1sc2ncc(C(=O)/C=C/c3cccc(NC(=O)C(F)(F)F)c3)cc2c1C. The van der Waals surface area contributed by atoms with Crippen molar-refractivity contribution in [2.24, 2.45) is 0 Å². The van der Waals surface area contributed by atoms with E-state index in [1.54, 1.807) is 24.4 Å². The van der Waals surface area contributed by atoms with Gasteiger partial charge in [0.1, 0.15) is 9.71 Å². The number of allylic oxidation sites excluding steroid dienone is 1. The van der Waals surface area contributed by atoms with Crippen LogP contribution >= 0.6 is 11.3 Å². The highest BCUT2D eigenvalue weighted by molar-refractivity contribution is 7.20. The van der Waals surface area contributed by atoms with Crippen molar-refractivity contribution >= 4 is 51.0 Å². The Labute approximate surface area is 178 Å². The Morgan fingerprint density at radius 2 is 1.94 bits per heavy atom.